The molecule has 0 unspecified atom stereocenters. The zero-order valence-electron chi connectivity index (χ0n) is 12.8. The fourth-order valence-corrected chi connectivity index (χ4v) is 3.96. The van der Waals surface area contributed by atoms with Gasteiger partial charge in [0.25, 0.3) is 0 Å². The lowest BCUT2D eigenvalue weighted by atomic mass is 10.1. The molecule has 3 atom stereocenters. The fraction of sp³-hybridized carbons (Fsp3) is 0.625. The SMILES string of the molecule is CC(C)Oc1ccccc1CN1CC[S@@](=O)[C@H](C)[C@@H]1C. The van der Waals surface area contributed by atoms with E-state index in [2.05, 4.69) is 30.9 Å². The number of nitrogens with zero attached hydrogens (tertiary/aromatic N) is 1. The van der Waals surface area contributed by atoms with Gasteiger partial charge in [-0.3, -0.25) is 9.11 Å². The minimum absolute atomic E-state index is 0.182. The molecular weight excluding hydrogens is 270 g/mol. The summed E-state index contributed by atoms with van der Waals surface area (Å²) < 4.78 is 17.8. The van der Waals surface area contributed by atoms with Gasteiger partial charge < -0.3 is 4.74 Å². The molecule has 0 bridgehead atoms. The van der Waals surface area contributed by atoms with Crippen LogP contribution in [0.4, 0.5) is 0 Å². The van der Waals surface area contributed by atoms with Crippen LogP contribution in [0.2, 0.25) is 0 Å². The molecule has 1 saturated heterocycles. The van der Waals surface area contributed by atoms with Crippen molar-refractivity contribution in [2.75, 3.05) is 12.3 Å². The third-order valence-corrected chi connectivity index (χ3v) is 5.77. The van der Waals surface area contributed by atoms with Crippen LogP contribution in [0.15, 0.2) is 24.3 Å². The van der Waals surface area contributed by atoms with E-state index in [-0.39, 0.29) is 11.4 Å². The molecule has 1 fully saturated rings. The first-order chi connectivity index (χ1) is 9.49. The molecule has 0 N–H and O–H groups in total. The van der Waals surface area contributed by atoms with Crippen LogP contribution in [0.1, 0.15) is 33.3 Å². The van der Waals surface area contributed by atoms with E-state index >= 15 is 0 Å². The smallest absolute Gasteiger partial charge is 0.124 e. The van der Waals surface area contributed by atoms with Gasteiger partial charge >= 0.3 is 0 Å². The maximum Gasteiger partial charge on any atom is 0.124 e. The zero-order chi connectivity index (χ0) is 14.7. The van der Waals surface area contributed by atoms with E-state index in [1.54, 1.807) is 0 Å². The average molecular weight is 295 g/mol. The molecule has 1 aromatic rings. The molecule has 0 radical (unpaired) electrons. The Balaban J connectivity index is 2.12. The Bertz CT molecular complexity index is 475. The molecule has 20 heavy (non-hydrogen) atoms. The van der Waals surface area contributed by atoms with E-state index in [0.29, 0.717) is 6.04 Å². The quantitative estimate of drug-likeness (QED) is 0.855. The Morgan fingerprint density at radius 3 is 2.75 bits per heavy atom. The number of para-hydroxylation sites is 1. The highest BCUT2D eigenvalue weighted by molar-refractivity contribution is 7.85. The van der Waals surface area contributed by atoms with Gasteiger partial charge in [0.15, 0.2) is 0 Å². The van der Waals surface area contributed by atoms with E-state index in [9.17, 15) is 4.21 Å². The van der Waals surface area contributed by atoms with Gasteiger partial charge in [-0.05, 0) is 33.8 Å². The van der Waals surface area contributed by atoms with Crippen molar-refractivity contribution in [3.63, 3.8) is 0 Å². The summed E-state index contributed by atoms with van der Waals surface area (Å²) in [6, 6.07) is 8.57. The van der Waals surface area contributed by atoms with Crippen molar-refractivity contribution >= 4 is 10.8 Å². The topological polar surface area (TPSA) is 29.5 Å². The van der Waals surface area contributed by atoms with Gasteiger partial charge in [-0.15, -0.1) is 0 Å². The van der Waals surface area contributed by atoms with Crippen molar-refractivity contribution < 1.29 is 8.95 Å². The molecule has 1 aromatic carbocycles. The predicted molar refractivity (Wildman–Crippen MR) is 84.5 cm³/mol. The number of hydrogen-bond donors (Lipinski definition) is 0. The molecule has 0 spiro atoms. The summed E-state index contributed by atoms with van der Waals surface area (Å²) in [6.45, 7) is 10.1. The van der Waals surface area contributed by atoms with Crippen LogP contribution < -0.4 is 4.74 Å². The molecule has 112 valence electrons. The summed E-state index contributed by atoms with van der Waals surface area (Å²) in [6.07, 6.45) is 0.182. The van der Waals surface area contributed by atoms with Crippen molar-refractivity contribution in [2.45, 2.75) is 51.6 Å². The van der Waals surface area contributed by atoms with Crippen molar-refractivity contribution in [1.29, 1.82) is 0 Å². The van der Waals surface area contributed by atoms with E-state index < -0.39 is 10.8 Å². The summed E-state index contributed by atoms with van der Waals surface area (Å²) in [5.74, 6) is 1.74. The first kappa shape index (κ1) is 15.5. The summed E-state index contributed by atoms with van der Waals surface area (Å²) in [5, 5.41) is 0.238. The van der Waals surface area contributed by atoms with Crippen LogP contribution >= 0.6 is 0 Å². The van der Waals surface area contributed by atoms with Crippen LogP contribution in [-0.4, -0.2) is 38.8 Å². The second-order valence-electron chi connectivity index (χ2n) is 5.78. The highest BCUT2D eigenvalue weighted by atomic mass is 32.2. The van der Waals surface area contributed by atoms with Gasteiger partial charge in [-0.2, -0.15) is 0 Å². The van der Waals surface area contributed by atoms with Gasteiger partial charge in [-0.25, -0.2) is 0 Å². The van der Waals surface area contributed by atoms with Gasteiger partial charge in [0, 0.05) is 46.5 Å². The van der Waals surface area contributed by atoms with E-state index in [4.69, 9.17) is 4.74 Å². The monoisotopic (exact) mass is 295 g/mol. The van der Waals surface area contributed by atoms with Crippen molar-refractivity contribution in [3.05, 3.63) is 29.8 Å². The molecule has 2 rings (SSSR count). The predicted octanol–water partition coefficient (Wildman–Crippen LogP) is 2.82. The summed E-state index contributed by atoms with van der Waals surface area (Å²) in [4.78, 5) is 2.41. The molecule has 3 nitrogen and oxygen atoms in total. The number of rotatable bonds is 4. The maximum atomic E-state index is 11.9. The van der Waals surface area contributed by atoms with Gasteiger partial charge in [-0.1, -0.05) is 18.2 Å². The lowest BCUT2D eigenvalue weighted by Gasteiger charge is -2.37. The molecule has 1 aliphatic heterocycles. The summed E-state index contributed by atoms with van der Waals surface area (Å²) in [7, 11) is -0.681. The van der Waals surface area contributed by atoms with Crippen LogP contribution in [0.25, 0.3) is 0 Å². The standard InChI is InChI=1S/C16H25NO2S/c1-12(2)19-16-8-6-5-7-15(16)11-17-9-10-20(18)14(4)13(17)3/h5-8,12-14H,9-11H2,1-4H3/t13-,14+,20+/m0/s1. The largest absolute Gasteiger partial charge is 0.491 e. The Labute approximate surface area is 124 Å². The third-order valence-electron chi connectivity index (χ3n) is 3.96. The maximum absolute atomic E-state index is 11.9. The summed E-state index contributed by atoms with van der Waals surface area (Å²) in [5.41, 5.74) is 1.22. The second kappa shape index (κ2) is 6.72. The second-order valence-corrected chi connectivity index (χ2v) is 7.69. The summed E-state index contributed by atoms with van der Waals surface area (Å²) >= 11 is 0. The lowest BCUT2D eigenvalue weighted by Crippen LogP contribution is -2.49. The van der Waals surface area contributed by atoms with Crippen LogP contribution in [0.3, 0.4) is 0 Å². The molecule has 0 saturated carbocycles. The Kier molecular flexibility index (Phi) is 5.22. The average Bonchev–Trinajstić information content (AvgIpc) is 2.41. The molecule has 0 amide bonds. The normalized spacial score (nSPS) is 27.8. The van der Waals surface area contributed by atoms with Crippen LogP contribution in [0.5, 0.6) is 5.75 Å². The van der Waals surface area contributed by atoms with Gasteiger partial charge in [0.1, 0.15) is 5.75 Å². The van der Waals surface area contributed by atoms with Crippen LogP contribution in [0, 0.1) is 0 Å². The Morgan fingerprint density at radius 1 is 1.35 bits per heavy atom. The minimum atomic E-state index is -0.681. The molecular formula is C16H25NO2S. The van der Waals surface area contributed by atoms with Crippen molar-refractivity contribution in [2.24, 2.45) is 0 Å². The van der Waals surface area contributed by atoms with E-state index in [1.165, 1.54) is 5.56 Å². The highest BCUT2D eigenvalue weighted by Crippen LogP contribution is 2.24. The zero-order valence-corrected chi connectivity index (χ0v) is 13.7. The number of benzene rings is 1. The first-order valence-electron chi connectivity index (χ1n) is 7.35. The van der Waals surface area contributed by atoms with Gasteiger partial charge in [0.05, 0.1) is 6.10 Å². The fourth-order valence-electron chi connectivity index (χ4n) is 2.56. The molecule has 1 aliphatic rings. The number of hydrogen-bond acceptors (Lipinski definition) is 3. The first-order valence-corrected chi connectivity index (χ1v) is 8.73. The minimum Gasteiger partial charge on any atom is -0.491 e. The molecule has 4 heteroatoms. The molecule has 0 aliphatic carbocycles. The third kappa shape index (κ3) is 3.61. The van der Waals surface area contributed by atoms with E-state index in [0.717, 1.165) is 24.6 Å². The molecule has 0 aromatic heterocycles. The van der Waals surface area contributed by atoms with Crippen LogP contribution in [-0.2, 0) is 17.3 Å². The van der Waals surface area contributed by atoms with Crippen molar-refractivity contribution in [1.82, 2.24) is 4.90 Å². The lowest BCUT2D eigenvalue weighted by molar-refractivity contribution is 0.191. The Morgan fingerprint density at radius 2 is 2.05 bits per heavy atom. The highest BCUT2D eigenvalue weighted by Gasteiger charge is 2.30. The Hall–Kier alpha value is -0.870. The van der Waals surface area contributed by atoms with Crippen molar-refractivity contribution in [3.8, 4) is 5.75 Å². The van der Waals surface area contributed by atoms with Gasteiger partial charge in [0.2, 0.25) is 0 Å². The number of ether oxygens (including phenoxy) is 1. The molecule has 1 heterocycles. The van der Waals surface area contributed by atoms with E-state index in [1.807, 2.05) is 26.0 Å².